The Kier molecular flexibility index (Phi) is 11.8. The van der Waals surface area contributed by atoms with Gasteiger partial charge in [-0.2, -0.15) is 0 Å². The minimum Gasteiger partial charge on any atom is -0.357 e. The maximum atomic E-state index is 11.5. The van der Waals surface area contributed by atoms with E-state index in [0.717, 1.165) is 44.7 Å². The van der Waals surface area contributed by atoms with Gasteiger partial charge in [0.15, 0.2) is 5.96 Å². The molecule has 1 saturated carbocycles. The lowest BCUT2D eigenvalue weighted by atomic mass is 10.1. The van der Waals surface area contributed by atoms with E-state index in [1.54, 1.807) is 0 Å². The quantitative estimate of drug-likeness (QED) is 0.237. The normalized spacial score (nSPS) is 14.6. The summed E-state index contributed by atoms with van der Waals surface area (Å²) >= 11 is 0. The average Bonchev–Trinajstić information content (AvgIpc) is 3.18. The van der Waals surface area contributed by atoms with Gasteiger partial charge in [0.2, 0.25) is 5.91 Å². The fourth-order valence-corrected chi connectivity index (χ4v) is 1.78. The summed E-state index contributed by atoms with van der Waals surface area (Å²) in [5, 5.41) is 9.54. The number of guanidine groups is 1. The molecule has 0 atom stereocenters. The standard InChI is InChI=1S/C15H30N4O.HI/c1-4-16-15(18-11-9-12(2)3)17-10-5-6-14(20)19-13-7-8-13;/h12-13H,4-11H2,1-3H3,(H,19,20)(H2,16,17,18);1H. The van der Waals surface area contributed by atoms with Crippen LogP contribution >= 0.6 is 24.0 Å². The Morgan fingerprint density at radius 3 is 2.57 bits per heavy atom. The molecule has 0 aromatic heterocycles. The maximum absolute atomic E-state index is 11.5. The minimum atomic E-state index is 0. The van der Waals surface area contributed by atoms with Crippen molar-refractivity contribution in [3.8, 4) is 0 Å². The molecule has 0 radical (unpaired) electrons. The first kappa shape index (κ1) is 20.5. The third-order valence-corrected chi connectivity index (χ3v) is 3.13. The minimum absolute atomic E-state index is 0. The van der Waals surface area contributed by atoms with Crippen molar-refractivity contribution in [2.24, 2.45) is 10.9 Å². The number of halogens is 1. The van der Waals surface area contributed by atoms with Gasteiger partial charge in [0.05, 0.1) is 0 Å². The van der Waals surface area contributed by atoms with E-state index in [4.69, 9.17) is 0 Å². The zero-order valence-electron chi connectivity index (χ0n) is 13.6. The number of nitrogens with zero attached hydrogens (tertiary/aromatic N) is 1. The van der Waals surface area contributed by atoms with Crippen LogP contribution in [0.15, 0.2) is 4.99 Å². The Morgan fingerprint density at radius 1 is 1.29 bits per heavy atom. The molecule has 0 heterocycles. The summed E-state index contributed by atoms with van der Waals surface area (Å²) in [6.45, 7) is 8.97. The van der Waals surface area contributed by atoms with Crippen molar-refractivity contribution in [1.82, 2.24) is 16.0 Å². The average molecular weight is 410 g/mol. The highest BCUT2D eigenvalue weighted by Gasteiger charge is 2.22. The zero-order chi connectivity index (χ0) is 14.8. The van der Waals surface area contributed by atoms with Gasteiger partial charge >= 0.3 is 0 Å². The summed E-state index contributed by atoms with van der Waals surface area (Å²) in [6.07, 6.45) is 4.81. The lowest BCUT2D eigenvalue weighted by Gasteiger charge is -2.12. The third-order valence-electron chi connectivity index (χ3n) is 3.13. The second kappa shape index (κ2) is 12.1. The highest BCUT2D eigenvalue weighted by molar-refractivity contribution is 14.0. The van der Waals surface area contributed by atoms with Gasteiger partial charge in [-0.15, -0.1) is 24.0 Å². The largest absolute Gasteiger partial charge is 0.357 e. The van der Waals surface area contributed by atoms with Crippen LogP contribution in [-0.4, -0.2) is 37.5 Å². The molecule has 1 fully saturated rings. The molecule has 0 aromatic rings. The third kappa shape index (κ3) is 11.8. The molecule has 5 nitrogen and oxygen atoms in total. The number of hydrogen-bond acceptors (Lipinski definition) is 2. The first-order valence-electron chi connectivity index (χ1n) is 7.93. The van der Waals surface area contributed by atoms with Crippen molar-refractivity contribution < 1.29 is 4.79 Å². The Balaban J connectivity index is 0.00000400. The number of amides is 1. The van der Waals surface area contributed by atoms with E-state index >= 15 is 0 Å². The van der Waals surface area contributed by atoms with Gasteiger partial charge in [-0.1, -0.05) is 13.8 Å². The Labute approximate surface area is 146 Å². The zero-order valence-corrected chi connectivity index (χ0v) is 15.9. The van der Waals surface area contributed by atoms with E-state index in [1.165, 1.54) is 0 Å². The summed E-state index contributed by atoms with van der Waals surface area (Å²) in [5.41, 5.74) is 0. The summed E-state index contributed by atoms with van der Waals surface area (Å²) in [4.78, 5) is 16.0. The molecule has 0 aliphatic heterocycles. The molecule has 3 N–H and O–H groups in total. The topological polar surface area (TPSA) is 65.5 Å². The molecule has 1 aliphatic carbocycles. The van der Waals surface area contributed by atoms with E-state index in [9.17, 15) is 4.79 Å². The van der Waals surface area contributed by atoms with Gasteiger partial charge in [0.1, 0.15) is 0 Å². The molecule has 6 heteroatoms. The SMILES string of the molecule is CCNC(=NCCCC(=O)NC1CC1)NCCC(C)C.I. The number of aliphatic imine (C=N–C) groups is 1. The molecule has 0 saturated heterocycles. The second-order valence-corrected chi connectivity index (χ2v) is 5.82. The van der Waals surface area contributed by atoms with Crippen LogP contribution in [0.1, 0.15) is 52.9 Å². The number of nitrogens with one attached hydrogen (secondary N) is 3. The van der Waals surface area contributed by atoms with Gasteiger partial charge in [-0.25, -0.2) is 0 Å². The van der Waals surface area contributed by atoms with Gasteiger partial charge < -0.3 is 16.0 Å². The highest BCUT2D eigenvalue weighted by Crippen LogP contribution is 2.18. The van der Waals surface area contributed by atoms with Gasteiger partial charge in [0.25, 0.3) is 0 Å². The number of hydrogen-bond donors (Lipinski definition) is 3. The van der Waals surface area contributed by atoms with Crippen molar-refractivity contribution >= 4 is 35.8 Å². The van der Waals surface area contributed by atoms with Crippen molar-refractivity contribution in [1.29, 1.82) is 0 Å². The molecule has 124 valence electrons. The molecule has 1 amide bonds. The van der Waals surface area contributed by atoms with E-state index in [2.05, 4.69) is 41.7 Å². The maximum Gasteiger partial charge on any atom is 0.220 e. The van der Waals surface area contributed by atoms with Crippen LogP contribution in [-0.2, 0) is 4.79 Å². The monoisotopic (exact) mass is 410 g/mol. The van der Waals surface area contributed by atoms with Crippen LogP contribution in [0.25, 0.3) is 0 Å². The summed E-state index contributed by atoms with van der Waals surface area (Å²) in [5.74, 6) is 1.72. The molecule has 0 bridgehead atoms. The van der Waals surface area contributed by atoms with Crippen LogP contribution in [0.3, 0.4) is 0 Å². The van der Waals surface area contributed by atoms with Crippen molar-refractivity contribution in [3.05, 3.63) is 0 Å². The van der Waals surface area contributed by atoms with Crippen molar-refractivity contribution in [2.75, 3.05) is 19.6 Å². The smallest absolute Gasteiger partial charge is 0.220 e. The molecular weight excluding hydrogens is 379 g/mol. The number of carbonyl (C=O) groups is 1. The number of carbonyl (C=O) groups excluding carboxylic acids is 1. The summed E-state index contributed by atoms with van der Waals surface area (Å²) in [6, 6.07) is 0.459. The molecule has 21 heavy (non-hydrogen) atoms. The van der Waals surface area contributed by atoms with Crippen LogP contribution in [0.4, 0.5) is 0 Å². The van der Waals surface area contributed by atoms with Crippen LogP contribution in [0.2, 0.25) is 0 Å². The van der Waals surface area contributed by atoms with Crippen molar-refractivity contribution in [2.45, 2.75) is 58.9 Å². The Bertz CT molecular complexity index is 317. The molecule has 0 spiro atoms. The first-order valence-corrected chi connectivity index (χ1v) is 7.93. The lowest BCUT2D eigenvalue weighted by Crippen LogP contribution is -2.38. The van der Waals surface area contributed by atoms with Crippen molar-refractivity contribution in [3.63, 3.8) is 0 Å². The van der Waals surface area contributed by atoms with Gasteiger partial charge in [-0.05, 0) is 38.5 Å². The Hall–Kier alpha value is -0.530. The molecular formula is C15H31IN4O. The van der Waals surface area contributed by atoms with E-state index in [1.807, 2.05) is 0 Å². The predicted octanol–water partition coefficient (Wildman–Crippen LogP) is 2.26. The fraction of sp³-hybridized carbons (Fsp3) is 0.867. The first-order chi connectivity index (χ1) is 9.61. The molecule has 1 rings (SSSR count). The summed E-state index contributed by atoms with van der Waals surface area (Å²) < 4.78 is 0. The van der Waals surface area contributed by atoms with Crippen LogP contribution in [0.5, 0.6) is 0 Å². The molecule has 1 aliphatic rings. The Morgan fingerprint density at radius 2 is 2.00 bits per heavy atom. The fourth-order valence-electron chi connectivity index (χ4n) is 1.78. The molecule has 0 unspecified atom stereocenters. The highest BCUT2D eigenvalue weighted by atomic mass is 127. The predicted molar refractivity (Wildman–Crippen MR) is 99.3 cm³/mol. The number of rotatable bonds is 9. The summed E-state index contributed by atoms with van der Waals surface area (Å²) in [7, 11) is 0. The van der Waals surface area contributed by atoms with Gasteiger partial charge in [-0.3, -0.25) is 9.79 Å². The van der Waals surface area contributed by atoms with E-state index in [0.29, 0.717) is 24.9 Å². The second-order valence-electron chi connectivity index (χ2n) is 5.82. The van der Waals surface area contributed by atoms with Gasteiger partial charge in [0, 0.05) is 32.1 Å². The van der Waals surface area contributed by atoms with E-state index < -0.39 is 0 Å². The van der Waals surface area contributed by atoms with E-state index in [-0.39, 0.29) is 29.9 Å². The van der Waals surface area contributed by atoms with Crippen LogP contribution < -0.4 is 16.0 Å². The lowest BCUT2D eigenvalue weighted by molar-refractivity contribution is -0.121. The molecule has 0 aromatic carbocycles. The van der Waals surface area contributed by atoms with Crippen LogP contribution in [0, 0.1) is 5.92 Å².